The molecule has 0 bridgehead atoms. The molecule has 2 aromatic carbocycles. The first-order valence-corrected chi connectivity index (χ1v) is 7.28. The van der Waals surface area contributed by atoms with Crippen LogP contribution in [0.2, 0.25) is 0 Å². The van der Waals surface area contributed by atoms with Crippen LogP contribution in [0.15, 0.2) is 42.0 Å². The molecule has 0 saturated carbocycles. The highest BCUT2D eigenvalue weighted by molar-refractivity contribution is 6.41. The number of nitro benzene ring substituents is 1. The van der Waals surface area contributed by atoms with E-state index in [-0.39, 0.29) is 28.3 Å². The maximum absolute atomic E-state index is 12.5. The Bertz CT molecular complexity index is 908. The Labute approximate surface area is 142 Å². The maximum Gasteiger partial charge on any atom is 0.280 e. The van der Waals surface area contributed by atoms with Gasteiger partial charge >= 0.3 is 0 Å². The molecule has 0 unspecified atom stereocenters. The zero-order valence-electron chi connectivity index (χ0n) is 13.4. The monoisotopic (exact) mass is 339 g/mol. The van der Waals surface area contributed by atoms with Crippen LogP contribution in [0.25, 0.3) is 6.08 Å². The molecule has 0 N–H and O–H groups in total. The Hall–Kier alpha value is -3.48. The average molecular weight is 339 g/mol. The molecule has 0 spiro atoms. The number of Topliss-reactive ketones (excluding diaryl/α,β-unsaturated/α-hetero) is 2. The van der Waals surface area contributed by atoms with Gasteiger partial charge in [0.1, 0.15) is 0 Å². The predicted octanol–water partition coefficient (Wildman–Crippen LogP) is 3.07. The highest BCUT2D eigenvalue weighted by atomic mass is 16.6. The Morgan fingerprint density at radius 3 is 1.96 bits per heavy atom. The van der Waals surface area contributed by atoms with Gasteiger partial charge in [0.15, 0.2) is 23.1 Å². The van der Waals surface area contributed by atoms with Crippen molar-refractivity contribution in [1.29, 1.82) is 0 Å². The number of nitrogens with zero attached hydrogens (tertiary/aromatic N) is 1. The second-order valence-corrected chi connectivity index (χ2v) is 5.28. The molecule has 3 rings (SSSR count). The van der Waals surface area contributed by atoms with E-state index in [0.717, 1.165) is 0 Å². The van der Waals surface area contributed by atoms with Crippen molar-refractivity contribution in [2.45, 2.75) is 0 Å². The normalized spacial score (nSPS) is 12.8. The summed E-state index contributed by atoms with van der Waals surface area (Å²) in [5.74, 6) is -0.464. The lowest BCUT2D eigenvalue weighted by Crippen LogP contribution is -2.02. The van der Waals surface area contributed by atoms with Crippen LogP contribution in [-0.4, -0.2) is 30.7 Å². The third kappa shape index (κ3) is 2.65. The molecular weight excluding hydrogens is 326 g/mol. The highest BCUT2D eigenvalue weighted by Gasteiger charge is 2.33. The van der Waals surface area contributed by atoms with E-state index in [0.29, 0.717) is 11.1 Å². The molecule has 1 aliphatic carbocycles. The largest absolute Gasteiger partial charge is 0.493 e. The number of carbonyl (C=O) groups is 2. The first-order chi connectivity index (χ1) is 12.0. The number of nitro groups is 1. The van der Waals surface area contributed by atoms with Crippen molar-refractivity contribution in [2.24, 2.45) is 0 Å². The molecule has 1 aliphatic rings. The minimum atomic E-state index is -0.606. The van der Waals surface area contributed by atoms with Crippen molar-refractivity contribution in [1.82, 2.24) is 0 Å². The van der Waals surface area contributed by atoms with E-state index in [2.05, 4.69) is 0 Å². The van der Waals surface area contributed by atoms with Crippen LogP contribution < -0.4 is 9.47 Å². The first kappa shape index (κ1) is 16.4. The van der Waals surface area contributed by atoms with Crippen molar-refractivity contribution in [3.05, 3.63) is 68.8 Å². The standard InChI is InChI=1S/C18H13NO6/c1-24-15-8-10(14(19(22)23)9-16(15)25-2)7-13-17(20)11-5-3-4-6-12(11)18(13)21/h3-9H,1-2H3. The third-order valence-electron chi connectivity index (χ3n) is 3.93. The van der Waals surface area contributed by atoms with E-state index in [9.17, 15) is 19.7 Å². The van der Waals surface area contributed by atoms with E-state index in [1.54, 1.807) is 24.3 Å². The molecule has 7 heteroatoms. The molecule has 0 aliphatic heterocycles. The summed E-state index contributed by atoms with van der Waals surface area (Å²) in [6.07, 6.45) is 1.23. The summed E-state index contributed by atoms with van der Waals surface area (Å²) in [6.45, 7) is 0. The van der Waals surface area contributed by atoms with Crippen molar-refractivity contribution in [3.63, 3.8) is 0 Å². The number of hydrogen-bond acceptors (Lipinski definition) is 6. The van der Waals surface area contributed by atoms with Gasteiger partial charge in [-0.25, -0.2) is 0 Å². The van der Waals surface area contributed by atoms with Gasteiger partial charge in [-0.3, -0.25) is 19.7 Å². The fourth-order valence-corrected chi connectivity index (χ4v) is 2.72. The van der Waals surface area contributed by atoms with Crippen molar-refractivity contribution in [2.75, 3.05) is 14.2 Å². The number of fused-ring (bicyclic) bond motifs is 1. The molecule has 7 nitrogen and oxygen atoms in total. The van der Waals surface area contributed by atoms with Crippen molar-refractivity contribution >= 4 is 23.3 Å². The summed E-state index contributed by atoms with van der Waals surface area (Å²) in [5, 5.41) is 11.4. The smallest absolute Gasteiger partial charge is 0.280 e. The Kier molecular flexibility index (Phi) is 4.06. The van der Waals surface area contributed by atoms with Crippen LogP contribution in [-0.2, 0) is 0 Å². The molecule has 2 aromatic rings. The first-order valence-electron chi connectivity index (χ1n) is 7.28. The maximum atomic E-state index is 12.5. The zero-order chi connectivity index (χ0) is 18.1. The van der Waals surface area contributed by atoms with Crippen LogP contribution in [0.5, 0.6) is 11.5 Å². The van der Waals surface area contributed by atoms with Gasteiger partial charge in [-0.15, -0.1) is 0 Å². The average Bonchev–Trinajstić information content (AvgIpc) is 2.86. The SMILES string of the molecule is COc1cc(C=C2C(=O)c3ccccc3C2=O)c([N+](=O)[O-])cc1OC. The Morgan fingerprint density at radius 1 is 0.960 bits per heavy atom. The van der Waals surface area contributed by atoms with Crippen LogP contribution in [0, 0.1) is 10.1 Å². The number of ether oxygens (including phenoxy) is 2. The van der Waals surface area contributed by atoms with Gasteiger partial charge in [-0.1, -0.05) is 24.3 Å². The number of hydrogen-bond donors (Lipinski definition) is 0. The van der Waals surface area contributed by atoms with Gasteiger partial charge in [0, 0.05) is 11.1 Å². The van der Waals surface area contributed by atoms with E-state index in [4.69, 9.17) is 9.47 Å². The Morgan fingerprint density at radius 2 is 1.48 bits per heavy atom. The predicted molar refractivity (Wildman–Crippen MR) is 89.3 cm³/mol. The fourth-order valence-electron chi connectivity index (χ4n) is 2.72. The number of rotatable bonds is 4. The van der Waals surface area contributed by atoms with Crippen LogP contribution in [0.3, 0.4) is 0 Å². The zero-order valence-corrected chi connectivity index (χ0v) is 13.4. The van der Waals surface area contributed by atoms with Crippen LogP contribution in [0.4, 0.5) is 5.69 Å². The minimum absolute atomic E-state index is 0.0900. The lowest BCUT2D eigenvalue weighted by Gasteiger charge is -2.09. The molecule has 0 heterocycles. The van der Waals surface area contributed by atoms with Crippen LogP contribution >= 0.6 is 0 Å². The minimum Gasteiger partial charge on any atom is -0.493 e. The van der Waals surface area contributed by atoms with E-state index in [1.165, 1.54) is 32.4 Å². The summed E-state index contributed by atoms with van der Waals surface area (Å²) in [6, 6.07) is 8.99. The van der Waals surface area contributed by atoms with Gasteiger partial charge < -0.3 is 9.47 Å². The molecular formula is C18H13NO6. The summed E-state index contributed by atoms with van der Waals surface area (Å²) < 4.78 is 10.2. The highest BCUT2D eigenvalue weighted by Crippen LogP contribution is 2.37. The number of ketones is 2. The molecule has 0 fully saturated rings. The van der Waals surface area contributed by atoms with E-state index < -0.39 is 16.5 Å². The molecule has 0 atom stereocenters. The van der Waals surface area contributed by atoms with Gasteiger partial charge in [0.2, 0.25) is 0 Å². The third-order valence-corrected chi connectivity index (χ3v) is 3.93. The fraction of sp³-hybridized carbons (Fsp3) is 0.111. The number of allylic oxidation sites excluding steroid dienone is 1. The molecule has 0 aromatic heterocycles. The number of carbonyl (C=O) groups excluding carboxylic acids is 2. The molecule has 0 radical (unpaired) electrons. The van der Waals surface area contributed by atoms with Crippen LogP contribution in [0.1, 0.15) is 26.3 Å². The lowest BCUT2D eigenvalue weighted by molar-refractivity contribution is -0.385. The second kappa shape index (κ2) is 6.20. The molecule has 0 saturated heterocycles. The van der Waals surface area contributed by atoms with Crippen molar-refractivity contribution < 1.29 is 24.0 Å². The summed E-state index contributed by atoms with van der Waals surface area (Å²) in [4.78, 5) is 35.7. The van der Waals surface area contributed by atoms with Gasteiger partial charge in [-0.2, -0.15) is 0 Å². The summed E-state index contributed by atoms with van der Waals surface area (Å²) in [5.41, 5.74) is 0.272. The molecule has 0 amide bonds. The van der Waals surface area contributed by atoms with Gasteiger partial charge in [0.05, 0.1) is 36.3 Å². The van der Waals surface area contributed by atoms with Crippen molar-refractivity contribution in [3.8, 4) is 11.5 Å². The quantitative estimate of drug-likeness (QED) is 0.368. The Balaban J connectivity index is 2.18. The topological polar surface area (TPSA) is 95.7 Å². The number of benzene rings is 2. The summed E-state index contributed by atoms with van der Waals surface area (Å²) in [7, 11) is 2.75. The lowest BCUT2D eigenvalue weighted by atomic mass is 10.0. The van der Waals surface area contributed by atoms with Gasteiger partial charge in [0.25, 0.3) is 5.69 Å². The second-order valence-electron chi connectivity index (χ2n) is 5.28. The van der Waals surface area contributed by atoms with E-state index in [1.807, 2.05) is 0 Å². The van der Waals surface area contributed by atoms with E-state index >= 15 is 0 Å². The molecule has 126 valence electrons. The number of methoxy groups -OCH3 is 2. The summed E-state index contributed by atoms with van der Waals surface area (Å²) >= 11 is 0. The molecule has 25 heavy (non-hydrogen) atoms. The van der Waals surface area contributed by atoms with Gasteiger partial charge in [-0.05, 0) is 12.1 Å².